The lowest BCUT2D eigenvalue weighted by Crippen LogP contribution is -2.34. The molecule has 5 nitrogen and oxygen atoms in total. The van der Waals surface area contributed by atoms with Crippen LogP contribution in [0.5, 0.6) is 0 Å². The van der Waals surface area contributed by atoms with Gasteiger partial charge in [0, 0.05) is 6.07 Å². The Bertz CT molecular complexity index is 594. The zero-order valence-corrected chi connectivity index (χ0v) is 9.01. The van der Waals surface area contributed by atoms with Crippen LogP contribution < -0.4 is 22.0 Å². The topological polar surface area (TPSA) is 80.3 Å². The van der Waals surface area contributed by atoms with Crippen LogP contribution in [0.2, 0.25) is 0 Å². The Kier molecular flexibility index (Phi) is 2.74. The number of thiocarbonyl (C=S) groups is 1. The number of hydrogen-bond acceptors (Lipinski definition) is 4. The average molecular weight is 235 g/mol. The molecule has 0 atom stereocenters. The van der Waals surface area contributed by atoms with Gasteiger partial charge in [-0.1, -0.05) is 12.1 Å². The molecule has 82 valence electrons. The SMILES string of the molecule is NC(=S)NNc1cc(=O)c2ccccc2o1. The predicted octanol–water partition coefficient (Wildman–Crippen LogP) is 0.953. The van der Waals surface area contributed by atoms with Gasteiger partial charge in [0.1, 0.15) is 5.58 Å². The summed E-state index contributed by atoms with van der Waals surface area (Å²) in [6.45, 7) is 0. The Balaban J connectivity index is 2.42. The first kappa shape index (κ1) is 10.4. The number of hydrazine groups is 1. The van der Waals surface area contributed by atoms with E-state index in [9.17, 15) is 4.79 Å². The summed E-state index contributed by atoms with van der Waals surface area (Å²) in [5, 5.41) is 0.596. The first-order valence-electron chi connectivity index (χ1n) is 4.51. The van der Waals surface area contributed by atoms with E-state index in [-0.39, 0.29) is 16.4 Å². The second kappa shape index (κ2) is 4.19. The van der Waals surface area contributed by atoms with E-state index in [0.29, 0.717) is 11.0 Å². The standard InChI is InChI=1S/C10H9N3O2S/c11-10(16)13-12-9-5-7(14)6-3-1-2-4-8(6)15-9/h1-5,12H,(H3,11,13,16). The van der Waals surface area contributed by atoms with Crippen LogP contribution in [-0.4, -0.2) is 5.11 Å². The molecule has 4 N–H and O–H groups in total. The van der Waals surface area contributed by atoms with Crippen LogP contribution in [0.4, 0.5) is 5.88 Å². The lowest BCUT2D eigenvalue weighted by molar-refractivity contribution is 0.611. The summed E-state index contributed by atoms with van der Waals surface area (Å²) in [6.07, 6.45) is 0. The van der Waals surface area contributed by atoms with Gasteiger partial charge in [-0.15, -0.1) is 0 Å². The molecule has 1 aromatic heterocycles. The molecule has 16 heavy (non-hydrogen) atoms. The highest BCUT2D eigenvalue weighted by Gasteiger charge is 2.02. The third-order valence-electron chi connectivity index (χ3n) is 1.94. The van der Waals surface area contributed by atoms with E-state index in [1.165, 1.54) is 6.07 Å². The maximum atomic E-state index is 11.7. The minimum Gasteiger partial charge on any atom is -0.439 e. The number of benzene rings is 1. The monoisotopic (exact) mass is 235 g/mol. The van der Waals surface area contributed by atoms with Crippen molar-refractivity contribution in [2.24, 2.45) is 5.73 Å². The van der Waals surface area contributed by atoms with Crippen LogP contribution in [0.15, 0.2) is 39.5 Å². The average Bonchev–Trinajstić information content (AvgIpc) is 2.26. The Morgan fingerprint density at radius 3 is 2.88 bits per heavy atom. The molecule has 2 aromatic rings. The normalized spacial score (nSPS) is 10.0. The van der Waals surface area contributed by atoms with Crippen molar-refractivity contribution in [2.45, 2.75) is 0 Å². The number of fused-ring (bicyclic) bond motifs is 1. The zero-order valence-electron chi connectivity index (χ0n) is 8.19. The summed E-state index contributed by atoms with van der Waals surface area (Å²) < 4.78 is 5.40. The Hall–Kier alpha value is -2.08. The highest BCUT2D eigenvalue weighted by atomic mass is 32.1. The Morgan fingerprint density at radius 2 is 2.12 bits per heavy atom. The summed E-state index contributed by atoms with van der Waals surface area (Å²) in [6, 6.07) is 8.30. The number of hydrogen-bond donors (Lipinski definition) is 3. The number of nitrogens with two attached hydrogens (primary N) is 1. The fraction of sp³-hybridized carbons (Fsp3) is 0. The molecule has 0 saturated carbocycles. The Labute approximate surface area is 96.2 Å². The highest BCUT2D eigenvalue weighted by molar-refractivity contribution is 7.80. The summed E-state index contributed by atoms with van der Waals surface area (Å²) in [4.78, 5) is 11.7. The predicted molar refractivity (Wildman–Crippen MR) is 66.0 cm³/mol. The van der Waals surface area contributed by atoms with E-state index < -0.39 is 0 Å². The summed E-state index contributed by atoms with van der Waals surface area (Å²) in [7, 11) is 0. The first-order chi connectivity index (χ1) is 7.66. The minimum absolute atomic E-state index is 0.0656. The zero-order chi connectivity index (χ0) is 11.5. The van der Waals surface area contributed by atoms with Crippen LogP contribution in [-0.2, 0) is 0 Å². The number of anilines is 1. The molecule has 0 unspecified atom stereocenters. The summed E-state index contributed by atoms with van der Waals surface area (Å²) in [5.74, 6) is 0.261. The molecule has 0 bridgehead atoms. The van der Waals surface area contributed by atoms with Crippen LogP contribution in [0, 0.1) is 0 Å². The van der Waals surface area contributed by atoms with Gasteiger partial charge in [0.2, 0.25) is 5.88 Å². The van der Waals surface area contributed by atoms with E-state index >= 15 is 0 Å². The molecular formula is C10H9N3O2S. The summed E-state index contributed by atoms with van der Waals surface area (Å²) >= 11 is 4.61. The molecule has 0 aliphatic carbocycles. The van der Waals surface area contributed by atoms with Gasteiger partial charge in [0.15, 0.2) is 10.5 Å². The number of para-hydroxylation sites is 1. The van der Waals surface area contributed by atoms with Crippen molar-refractivity contribution in [2.75, 3.05) is 5.43 Å². The van der Waals surface area contributed by atoms with E-state index in [0.717, 1.165) is 0 Å². The molecule has 0 aliphatic rings. The van der Waals surface area contributed by atoms with Crippen molar-refractivity contribution < 1.29 is 4.42 Å². The quantitative estimate of drug-likeness (QED) is 0.531. The number of rotatable bonds is 2. The van der Waals surface area contributed by atoms with Gasteiger partial charge in [0.05, 0.1) is 5.39 Å². The first-order valence-corrected chi connectivity index (χ1v) is 4.92. The lowest BCUT2D eigenvalue weighted by atomic mass is 10.2. The van der Waals surface area contributed by atoms with Crippen molar-refractivity contribution >= 4 is 34.2 Å². The third kappa shape index (κ3) is 2.12. The molecular weight excluding hydrogens is 226 g/mol. The van der Waals surface area contributed by atoms with Gasteiger partial charge in [-0.05, 0) is 24.4 Å². The van der Waals surface area contributed by atoms with Crippen molar-refractivity contribution in [3.8, 4) is 0 Å². The van der Waals surface area contributed by atoms with Crippen LogP contribution >= 0.6 is 12.2 Å². The molecule has 2 rings (SSSR count). The van der Waals surface area contributed by atoms with E-state index in [4.69, 9.17) is 10.2 Å². The second-order valence-electron chi connectivity index (χ2n) is 3.09. The molecule has 0 amide bonds. The van der Waals surface area contributed by atoms with Gasteiger partial charge in [-0.25, -0.2) is 0 Å². The Morgan fingerprint density at radius 1 is 1.38 bits per heavy atom. The van der Waals surface area contributed by atoms with Crippen LogP contribution in [0.1, 0.15) is 0 Å². The smallest absolute Gasteiger partial charge is 0.215 e. The summed E-state index contributed by atoms with van der Waals surface area (Å²) in [5.41, 5.74) is 10.7. The molecule has 0 radical (unpaired) electrons. The molecule has 1 heterocycles. The van der Waals surface area contributed by atoms with Crippen LogP contribution in [0.25, 0.3) is 11.0 Å². The van der Waals surface area contributed by atoms with E-state index in [1.807, 2.05) is 0 Å². The van der Waals surface area contributed by atoms with Gasteiger partial charge in [0.25, 0.3) is 0 Å². The highest BCUT2D eigenvalue weighted by Crippen LogP contribution is 2.13. The van der Waals surface area contributed by atoms with Crippen molar-refractivity contribution in [1.82, 2.24) is 5.43 Å². The van der Waals surface area contributed by atoms with Crippen molar-refractivity contribution in [3.05, 3.63) is 40.6 Å². The third-order valence-corrected chi connectivity index (χ3v) is 2.05. The molecule has 0 saturated heterocycles. The van der Waals surface area contributed by atoms with Gasteiger partial charge in [-0.3, -0.25) is 15.6 Å². The van der Waals surface area contributed by atoms with Crippen molar-refractivity contribution in [1.29, 1.82) is 0 Å². The maximum absolute atomic E-state index is 11.7. The minimum atomic E-state index is -0.130. The second-order valence-corrected chi connectivity index (χ2v) is 3.53. The molecule has 6 heteroatoms. The van der Waals surface area contributed by atoms with Gasteiger partial charge in [-0.2, -0.15) is 0 Å². The molecule has 0 fully saturated rings. The molecule has 0 spiro atoms. The van der Waals surface area contributed by atoms with Crippen LogP contribution in [0.3, 0.4) is 0 Å². The fourth-order valence-corrected chi connectivity index (χ4v) is 1.34. The van der Waals surface area contributed by atoms with Gasteiger partial charge >= 0.3 is 0 Å². The molecule has 1 aromatic carbocycles. The van der Waals surface area contributed by atoms with Crippen molar-refractivity contribution in [3.63, 3.8) is 0 Å². The lowest BCUT2D eigenvalue weighted by Gasteiger charge is -2.06. The van der Waals surface area contributed by atoms with Gasteiger partial charge < -0.3 is 10.2 Å². The number of nitrogens with one attached hydrogen (secondary N) is 2. The largest absolute Gasteiger partial charge is 0.439 e. The fourth-order valence-electron chi connectivity index (χ4n) is 1.29. The van der Waals surface area contributed by atoms with E-state index in [1.54, 1.807) is 24.3 Å². The maximum Gasteiger partial charge on any atom is 0.215 e. The van der Waals surface area contributed by atoms with E-state index in [2.05, 4.69) is 23.1 Å². The molecule has 0 aliphatic heterocycles.